The van der Waals surface area contributed by atoms with Gasteiger partial charge in [-0.25, -0.2) is 0 Å². The van der Waals surface area contributed by atoms with Gasteiger partial charge >= 0.3 is 5.97 Å². The summed E-state index contributed by atoms with van der Waals surface area (Å²) in [6.45, 7) is 4.40. The van der Waals surface area contributed by atoms with E-state index < -0.39 is 5.97 Å². The predicted molar refractivity (Wildman–Crippen MR) is 107 cm³/mol. The highest BCUT2D eigenvalue weighted by Crippen LogP contribution is 2.29. The summed E-state index contributed by atoms with van der Waals surface area (Å²) in [7, 11) is 0. The molecule has 1 rings (SSSR count). The Labute approximate surface area is 155 Å². The topological polar surface area (TPSA) is 37.3 Å². The molecule has 1 N–H and O–H groups in total. The van der Waals surface area contributed by atoms with Crippen LogP contribution in [0.15, 0.2) is 30.3 Å². The molecule has 0 saturated heterocycles. The Bertz CT molecular complexity index is 450. The fourth-order valence-corrected chi connectivity index (χ4v) is 3.39. The SMILES string of the molecule is CC(C)(CCCCCCCCCCCc1ccccc1)CCC(=O)O. The van der Waals surface area contributed by atoms with Gasteiger partial charge in [0.05, 0.1) is 0 Å². The molecule has 0 aliphatic rings. The van der Waals surface area contributed by atoms with E-state index in [2.05, 4.69) is 44.2 Å². The molecule has 0 amide bonds. The number of hydrogen-bond acceptors (Lipinski definition) is 1. The quantitative estimate of drug-likeness (QED) is 0.346. The van der Waals surface area contributed by atoms with Gasteiger partial charge in [-0.1, -0.05) is 95.5 Å². The second kappa shape index (κ2) is 13.0. The monoisotopic (exact) mass is 346 g/mol. The number of unbranched alkanes of at least 4 members (excludes halogenated alkanes) is 8. The van der Waals surface area contributed by atoms with Crippen LogP contribution in [0.1, 0.15) is 96.5 Å². The third-order valence-electron chi connectivity index (χ3n) is 5.18. The molecule has 0 fully saturated rings. The van der Waals surface area contributed by atoms with Crippen LogP contribution >= 0.6 is 0 Å². The summed E-state index contributed by atoms with van der Waals surface area (Å²) < 4.78 is 0. The molecule has 25 heavy (non-hydrogen) atoms. The number of benzene rings is 1. The third-order valence-corrected chi connectivity index (χ3v) is 5.18. The summed E-state index contributed by atoms with van der Waals surface area (Å²) in [6.07, 6.45) is 15.5. The molecule has 142 valence electrons. The number of aryl methyl sites for hydroxylation is 1. The molecule has 0 aliphatic heterocycles. The average molecular weight is 347 g/mol. The summed E-state index contributed by atoms with van der Waals surface area (Å²) >= 11 is 0. The summed E-state index contributed by atoms with van der Waals surface area (Å²) in [5.74, 6) is -0.670. The van der Waals surface area contributed by atoms with Crippen LogP contribution < -0.4 is 0 Å². The zero-order valence-corrected chi connectivity index (χ0v) is 16.4. The molecule has 0 spiro atoms. The lowest BCUT2D eigenvalue weighted by Gasteiger charge is -2.23. The third kappa shape index (κ3) is 12.7. The molecule has 0 saturated carbocycles. The second-order valence-electron chi connectivity index (χ2n) is 8.23. The van der Waals surface area contributed by atoms with Crippen LogP contribution in [-0.2, 0) is 11.2 Å². The molecule has 0 unspecified atom stereocenters. The van der Waals surface area contributed by atoms with Crippen molar-refractivity contribution in [3.63, 3.8) is 0 Å². The summed E-state index contributed by atoms with van der Waals surface area (Å²) in [6, 6.07) is 10.8. The molecule has 0 aromatic heterocycles. The molecule has 0 heterocycles. The van der Waals surface area contributed by atoms with Crippen molar-refractivity contribution in [1.29, 1.82) is 0 Å². The van der Waals surface area contributed by atoms with Gasteiger partial charge in [0.15, 0.2) is 0 Å². The van der Waals surface area contributed by atoms with E-state index in [-0.39, 0.29) is 5.41 Å². The fourth-order valence-electron chi connectivity index (χ4n) is 3.39. The molecule has 2 heteroatoms. The Morgan fingerprint density at radius 1 is 0.800 bits per heavy atom. The minimum absolute atomic E-state index is 0.178. The first kappa shape index (κ1) is 21.7. The molecular weight excluding hydrogens is 308 g/mol. The van der Waals surface area contributed by atoms with Crippen molar-refractivity contribution in [3.8, 4) is 0 Å². The highest BCUT2D eigenvalue weighted by Gasteiger charge is 2.18. The molecule has 1 aromatic carbocycles. The van der Waals surface area contributed by atoms with Gasteiger partial charge in [-0.2, -0.15) is 0 Å². The van der Waals surface area contributed by atoms with Crippen molar-refractivity contribution in [2.45, 2.75) is 97.3 Å². The van der Waals surface area contributed by atoms with E-state index in [0.29, 0.717) is 6.42 Å². The lowest BCUT2D eigenvalue weighted by Crippen LogP contribution is -2.13. The van der Waals surface area contributed by atoms with Crippen molar-refractivity contribution < 1.29 is 9.90 Å². The smallest absolute Gasteiger partial charge is 0.303 e. The molecule has 0 radical (unpaired) electrons. The van der Waals surface area contributed by atoms with Gasteiger partial charge in [-0.05, 0) is 36.7 Å². The van der Waals surface area contributed by atoms with E-state index in [1.165, 1.54) is 69.8 Å². The highest BCUT2D eigenvalue weighted by atomic mass is 16.4. The average Bonchev–Trinajstić information content (AvgIpc) is 2.59. The van der Waals surface area contributed by atoms with E-state index in [4.69, 9.17) is 5.11 Å². The highest BCUT2D eigenvalue weighted by molar-refractivity contribution is 5.66. The number of carboxylic acid groups (broad SMARTS) is 1. The van der Waals surface area contributed by atoms with Gasteiger partial charge < -0.3 is 5.11 Å². The van der Waals surface area contributed by atoms with Gasteiger partial charge in [0, 0.05) is 6.42 Å². The zero-order chi connectivity index (χ0) is 18.4. The minimum Gasteiger partial charge on any atom is -0.481 e. The maximum absolute atomic E-state index is 10.7. The summed E-state index contributed by atoms with van der Waals surface area (Å²) in [5, 5.41) is 8.78. The van der Waals surface area contributed by atoms with Crippen LogP contribution in [0.5, 0.6) is 0 Å². The molecule has 1 aromatic rings. The van der Waals surface area contributed by atoms with Crippen molar-refractivity contribution in [2.24, 2.45) is 5.41 Å². The largest absolute Gasteiger partial charge is 0.481 e. The van der Waals surface area contributed by atoms with E-state index >= 15 is 0 Å². The lowest BCUT2D eigenvalue weighted by molar-refractivity contribution is -0.137. The maximum atomic E-state index is 10.7. The van der Waals surface area contributed by atoms with Crippen LogP contribution in [0, 0.1) is 5.41 Å². The van der Waals surface area contributed by atoms with Gasteiger partial charge in [-0.3, -0.25) is 4.79 Å². The van der Waals surface area contributed by atoms with Crippen molar-refractivity contribution in [3.05, 3.63) is 35.9 Å². The van der Waals surface area contributed by atoms with Crippen molar-refractivity contribution >= 4 is 5.97 Å². The lowest BCUT2D eigenvalue weighted by atomic mass is 9.82. The number of carboxylic acids is 1. The summed E-state index contributed by atoms with van der Waals surface area (Å²) in [4.78, 5) is 10.7. The van der Waals surface area contributed by atoms with Crippen LogP contribution in [0.25, 0.3) is 0 Å². The van der Waals surface area contributed by atoms with Gasteiger partial charge in [-0.15, -0.1) is 0 Å². The molecular formula is C23H38O2. The first-order valence-corrected chi connectivity index (χ1v) is 10.3. The van der Waals surface area contributed by atoms with E-state index in [9.17, 15) is 4.79 Å². The van der Waals surface area contributed by atoms with Crippen molar-refractivity contribution in [2.75, 3.05) is 0 Å². The molecule has 0 atom stereocenters. The maximum Gasteiger partial charge on any atom is 0.303 e. The standard InChI is InChI=1S/C23H38O2/c1-23(2,20-18-22(24)25)19-14-9-7-5-3-4-6-8-11-15-21-16-12-10-13-17-21/h10,12-13,16-17H,3-9,11,14-15,18-20H2,1-2H3,(H,24,25). The number of rotatable bonds is 15. The number of hydrogen-bond donors (Lipinski definition) is 1. The summed E-state index contributed by atoms with van der Waals surface area (Å²) in [5.41, 5.74) is 1.64. The van der Waals surface area contributed by atoms with Crippen LogP contribution in [-0.4, -0.2) is 11.1 Å². The van der Waals surface area contributed by atoms with E-state index in [1.54, 1.807) is 0 Å². The van der Waals surface area contributed by atoms with E-state index in [0.717, 1.165) is 12.8 Å². The molecule has 2 nitrogen and oxygen atoms in total. The van der Waals surface area contributed by atoms with Gasteiger partial charge in [0.2, 0.25) is 0 Å². The predicted octanol–water partition coefficient (Wildman–Crippen LogP) is 7.02. The second-order valence-corrected chi connectivity index (χ2v) is 8.23. The van der Waals surface area contributed by atoms with Crippen LogP contribution in [0.2, 0.25) is 0 Å². The molecule has 0 aliphatic carbocycles. The number of aliphatic carboxylic acids is 1. The van der Waals surface area contributed by atoms with Gasteiger partial charge in [0.1, 0.15) is 0 Å². The number of carbonyl (C=O) groups is 1. The van der Waals surface area contributed by atoms with Crippen molar-refractivity contribution in [1.82, 2.24) is 0 Å². The first-order chi connectivity index (χ1) is 12.0. The van der Waals surface area contributed by atoms with E-state index in [1.807, 2.05) is 0 Å². The van der Waals surface area contributed by atoms with Gasteiger partial charge in [0.25, 0.3) is 0 Å². The Morgan fingerprint density at radius 3 is 1.88 bits per heavy atom. The molecule has 0 bridgehead atoms. The zero-order valence-electron chi connectivity index (χ0n) is 16.4. The Morgan fingerprint density at radius 2 is 1.32 bits per heavy atom. The minimum atomic E-state index is -0.670. The Hall–Kier alpha value is -1.31. The van der Waals surface area contributed by atoms with Crippen LogP contribution in [0.4, 0.5) is 0 Å². The van der Waals surface area contributed by atoms with Crippen LogP contribution in [0.3, 0.4) is 0 Å². The first-order valence-electron chi connectivity index (χ1n) is 10.3. The Balaban J connectivity index is 1.86. The Kier molecular flexibility index (Phi) is 11.3. The normalized spacial score (nSPS) is 11.6. The fraction of sp³-hybridized carbons (Fsp3) is 0.696.